The Kier molecular flexibility index (Phi) is 59.8. The van der Waals surface area contributed by atoms with Crippen LogP contribution < -0.4 is 0 Å². The molecule has 0 aliphatic heterocycles. The lowest BCUT2D eigenvalue weighted by molar-refractivity contribution is -0.167. The summed E-state index contributed by atoms with van der Waals surface area (Å²) in [6, 6.07) is 0. The molecule has 0 heterocycles. The molecule has 0 rings (SSSR count). The summed E-state index contributed by atoms with van der Waals surface area (Å²) in [5.41, 5.74) is 0. The number of carbonyl (C=O) groups is 3. The van der Waals surface area contributed by atoms with Gasteiger partial charge in [0.15, 0.2) is 6.10 Å². The van der Waals surface area contributed by atoms with Crippen LogP contribution in [0.4, 0.5) is 0 Å². The number of carbonyl (C=O) groups excluding carboxylic acids is 3. The van der Waals surface area contributed by atoms with Crippen molar-refractivity contribution in [3.63, 3.8) is 0 Å². The molecule has 1 atom stereocenters. The SMILES string of the molecule is CC/C=C\C/C=C\C/C=C\C/C=C\C/C=C\CCCCCCCCCCCC(=O)OCC(COC(=O)CCCCCCC/C=C\CCCC)OC(=O)CCCCCCCCCCC/C=C\C/C=C\CCCCCCC. The lowest BCUT2D eigenvalue weighted by Gasteiger charge is -2.18. The molecule has 430 valence electrons. The van der Waals surface area contributed by atoms with E-state index in [4.69, 9.17) is 14.2 Å². The predicted octanol–water partition coefficient (Wildman–Crippen LogP) is 21.7. The molecule has 6 nitrogen and oxygen atoms in total. The highest BCUT2D eigenvalue weighted by Gasteiger charge is 2.19. The Bertz CT molecular complexity index is 1480. The summed E-state index contributed by atoms with van der Waals surface area (Å²) < 4.78 is 16.9. The molecule has 6 heteroatoms. The summed E-state index contributed by atoms with van der Waals surface area (Å²) >= 11 is 0. The van der Waals surface area contributed by atoms with Gasteiger partial charge in [0, 0.05) is 19.3 Å². The highest BCUT2D eigenvalue weighted by atomic mass is 16.6. The van der Waals surface area contributed by atoms with Gasteiger partial charge >= 0.3 is 17.9 Å². The van der Waals surface area contributed by atoms with Crippen LogP contribution in [0.2, 0.25) is 0 Å². The fourth-order valence-corrected chi connectivity index (χ4v) is 8.78. The van der Waals surface area contributed by atoms with E-state index in [9.17, 15) is 14.4 Å². The standard InChI is InChI=1S/C69H118O6/c1-4-7-10-13-16-19-22-24-26-28-30-32-33-34-35-37-38-40-42-44-47-50-53-56-59-62-68(71)74-65-66(64-73-67(70)61-58-55-52-49-46-21-18-15-12-9-6-3)75-69(72)63-60-57-54-51-48-45-43-41-39-36-31-29-27-25-23-20-17-14-11-8-5-2/h7,10,15-16,18-19,23-26,29-32,34-35,66H,4-6,8-9,11-14,17,20-22,27-28,33,36-65H2,1-3H3/b10-7-,18-15-,19-16-,25-23-,26-24-,31-29-,32-30-,35-34-. The van der Waals surface area contributed by atoms with Crippen LogP contribution in [-0.2, 0) is 28.6 Å². The molecule has 0 aliphatic rings. The number of unbranched alkanes of at least 4 members (excludes halogenated alkanes) is 30. The number of hydrogen-bond donors (Lipinski definition) is 0. The third kappa shape index (κ3) is 61.1. The van der Waals surface area contributed by atoms with Gasteiger partial charge in [0.2, 0.25) is 0 Å². The quantitative estimate of drug-likeness (QED) is 0.0261. The maximum Gasteiger partial charge on any atom is 0.306 e. The molecule has 0 aliphatic carbocycles. The molecule has 0 spiro atoms. The minimum absolute atomic E-state index is 0.0846. The van der Waals surface area contributed by atoms with E-state index in [0.29, 0.717) is 19.3 Å². The maximum absolute atomic E-state index is 12.9. The lowest BCUT2D eigenvalue weighted by Crippen LogP contribution is -2.30. The second kappa shape index (κ2) is 62.9. The molecule has 0 saturated carbocycles. The summed E-state index contributed by atoms with van der Waals surface area (Å²) in [6.45, 7) is 6.48. The van der Waals surface area contributed by atoms with Crippen molar-refractivity contribution < 1.29 is 28.6 Å². The molecule has 0 aromatic heterocycles. The average Bonchev–Trinajstić information content (AvgIpc) is 3.41. The Morgan fingerprint density at radius 1 is 0.280 bits per heavy atom. The van der Waals surface area contributed by atoms with Crippen molar-refractivity contribution >= 4 is 17.9 Å². The normalized spacial score (nSPS) is 12.7. The van der Waals surface area contributed by atoms with Crippen molar-refractivity contribution in [2.75, 3.05) is 13.2 Å². The molecule has 75 heavy (non-hydrogen) atoms. The van der Waals surface area contributed by atoms with Crippen LogP contribution in [-0.4, -0.2) is 37.2 Å². The molecule has 0 fully saturated rings. The fourth-order valence-electron chi connectivity index (χ4n) is 8.78. The molecule has 0 N–H and O–H groups in total. The molecule has 0 aromatic rings. The summed E-state index contributed by atoms with van der Waals surface area (Å²) in [5.74, 6) is -0.896. The Morgan fingerprint density at radius 3 is 0.867 bits per heavy atom. The van der Waals surface area contributed by atoms with Gasteiger partial charge < -0.3 is 14.2 Å². The van der Waals surface area contributed by atoms with Gasteiger partial charge in [0.25, 0.3) is 0 Å². The van der Waals surface area contributed by atoms with Crippen LogP contribution in [0.15, 0.2) is 97.2 Å². The number of esters is 3. The third-order valence-electron chi connectivity index (χ3n) is 13.5. The van der Waals surface area contributed by atoms with Gasteiger partial charge in [0.05, 0.1) is 0 Å². The molecule has 1 unspecified atom stereocenters. The van der Waals surface area contributed by atoms with Crippen LogP contribution >= 0.6 is 0 Å². The highest BCUT2D eigenvalue weighted by Crippen LogP contribution is 2.16. The number of ether oxygens (including phenoxy) is 3. The minimum Gasteiger partial charge on any atom is -0.462 e. The van der Waals surface area contributed by atoms with E-state index < -0.39 is 6.10 Å². The monoisotopic (exact) mass is 1040 g/mol. The first-order valence-corrected chi connectivity index (χ1v) is 31.7. The van der Waals surface area contributed by atoms with Crippen molar-refractivity contribution in [2.24, 2.45) is 0 Å². The van der Waals surface area contributed by atoms with E-state index in [1.165, 1.54) is 154 Å². The Morgan fingerprint density at radius 2 is 0.533 bits per heavy atom. The van der Waals surface area contributed by atoms with Gasteiger partial charge in [-0.05, 0) is 116 Å². The van der Waals surface area contributed by atoms with Crippen molar-refractivity contribution in [2.45, 2.75) is 309 Å². The summed E-state index contributed by atoms with van der Waals surface area (Å²) in [5, 5.41) is 0. The molecule has 0 radical (unpaired) electrons. The maximum atomic E-state index is 12.9. The van der Waals surface area contributed by atoms with E-state index >= 15 is 0 Å². The smallest absolute Gasteiger partial charge is 0.306 e. The molecule has 0 aromatic carbocycles. The molecule has 0 saturated heterocycles. The molecule has 0 bridgehead atoms. The van der Waals surface area contributed by atoms with Gasteiger partial charge in [-0.3, -0.25) is 14.4 Å². The number of hydrogen-bond acceptors (Lipinski definition) is 6. The van der Waals surface area contributed by atoms with Crippen molar-refractivity contribution in [3.8, 4) is 0 Å². The summed E-state index contributed by atoms with van der Waals surface area (Å²) in [4.78, 5) is 38.3. The van der Waals surface area contributed by atoms with Crippen LogP contribution in [0.5, 0.6) is 0 Å². The van der Waals surface area contributed by atoms with Gasteiger partial charge in [-0.1, -0.05) is 266 Å². The van der Waals surface area contributed by atoms with Crippen molar-refractivity contribution in [1.82, 2.24) is 0 Å². The zero-order valence-electron chi connectivity index (χ0n) is 49.3. The van der Waals surface area contributed by atoms with E-state index in [2.05, 4.69) is 118 Å². The van der Waals surface area contributed by atoms with Crippen LogP contribution in [0.1, 0.15) is 303 Å². The van der Waals surface area contributed by atoms with Crippen molar-refractivity contribution in [1.29, 1.82) is 0 Å². The topological polar surface area (TPSA) is 78.9 Å². The number of rotatable bonds is 57. The zero-order valence-corrected chi connectivity index (χ0v) is 49.3. The van der Waals surface area contributed by atoms with Crippen LogP contribution in [0.3, 0.4) is 0 Å². The largest absolute Gasteiger partial charge is 0.462 e. The Balaban J connectivity index is 4.31. The second-order valence-corrected chi connectivity index (χ2v) is 20.9. The van der Waals surface area contributed by atoms with Gasteiger partial charge in [-0.25, -0.2) is 0 Å². The third-order valence-corrected chi connectivity index (χ3v) is 13.5. The first-order valence-electron chi connectivity index (χ1n) is 31.7. The predicted molar refractivity (Wildman–Crippen MR) is 325 cm³/mol. The van der Waals surface area contributed by atoms with E-state index in [-0.39, 0.29) is 31.1 Å². The first kappa shape index (κ1) is 71.3. The molecule has 0 amide bonds. The molecular formula is C69H118O6. The van der Waals surface area contributed by atoms with Crippen molar-refractivity contribution in [3.05, 3.63) is 97.2 Å². The first-order chi connectivity index (χ1) is 37.0. The van der Waals surface area contributed by atoms with Gasteiger partial charge in [-0.15, -0.1) is 0 Å². The van der Waals surface area contributed by atoms with Gasteiger partial charge in [0.1, 0.15) is 13.2 Å². The zero-order chi connectivity index (χ0) is 54.3. The second-order valence-electron chi connectivity index (χ2n) is 20.9. The van der Waals surface area contributed by atoms with Crippen LogP contribution in [0, 0.1) is 0 Å². The summed E-state index contributed by atoms with van der Waals surface area (Å²) in [7, 11) is 0. The van der Waals surface area contributed by atoms with E-state index in [0.717, 1.165) is 109 Å². The van der Waals surface area contributed by atoms with Gasteiger partial charge in [-0.2, -0.15) is 0 Å². The van der Waals surface area contributed by atoms with Crippen LogP contribution in [0.25, 0.3) is 0 Å². The molecular weight excluding hydrogens is 925 g/mol. The Hall–Kier alpha value is -3.67. The summed E-state index contributed by atoms with van der Waals surface area (Å²) in [6.07, 6.45) is 84.1. The average molecular weight is 1040 g/mol. The number of allylic oxidation sites excluding steroid dienone is 16. The van der Waals surface area contributed by atoms with E-state index in [1.807, 2.05) is 0 Å². The minimum atomic E-state index is -0.787. The van der Waals surface area contributed by atoms with E-state index in [1.54, 1.807) is 0 Å². The highest BCUT2D eigenvalue weighted by molar-refractivity contribution is 5.71. The fraction of sp³-hybridized carbons (Fsp3) is 0.725. The Labute approximate surface area is 464 Å². The lowest BCUT2D eigenvalue weighted by atomic mass is 10.1.